The summed E-state index contributed by atoms with van der Waals surface area (Å²) >= 11 is 0. The molecule has 0 bridgehead atoms. The van der Waals surface area contributed by atoms with Crippen molar-refractivity contribution in [1.82, 2.24) is 9.55 Å². The van der Waals surface area contributed by atoms with Gasteiger partial charge in [0.1, 0.15) is 5.82 Å². The maximum absolute atomic E-state index is 6.53. The minimum atomic E-state index is 0.244. The van der Waals surface area contributed by atoms with Gasteiger partial charge in [-0.25, -0.2) is 4.98 Å². The Balaban J connectivity index is 2.03. The summed E-state index contributed by atoms with van der Waals surface area (Å²) in [5.74, 6) is 1.80. The van der Waals surface area contributed by atoms with E-state index in [1.807, 2.05) is 6.20 Å². The normalized spacial score (nSPS) is 24.3. The van der Waals surface area contributed by atoms with Gasteiger partial charge in [0.2, 0.25) is 0 Å². The highest BCUT2D eigenvalue weighted by Crippen LogP contribution is 2.42. The quantitative estimate of drug-likeness (QED) is 0.885. The van der Waals surface area contributed by atoms with Crippen molar-refractivity contribution in [2.24, 2.45) is 17.1 Å². The van der Waals surface area contributed by atoms with Crippen LogP contribution in [0.1, 0.15) is 58.7 Å². The molecule has 1 saturated carbocycles. The average Bonchev–Trinajstić information content (AvgIpc) is 2.76. The molecule has 108 valence electrons. The van der Waals surface area contributed by atoms with Gasteiger partial charge in [0.05, 0.1) is 0 Å². The van der Waals surface area contributed by atoms with Gasteiger partial charge in [-0.1, -0.05) is 33.6 Å². The fourth-order valence-corrected chi connectivity index (χ4v) is 3.64. The van der Waals surface area contributed by atoms with Crippen LogP contribution in [0.15, 0.2) is 12.4 Å². The third-order valence-electron chi connectivity index (χ3n) is 4.79. The van der Waals surface area contributed by atoms with Gasteiger partial charge in [-0.05, 0) is 30.6 Å². The number of aryl methyl sites for hydroxylation is 1. The zero-order valence-corrected chi connectivity index (χ0v) is 12.7. The minimum Gasteiger partial charge on any atom is -0.335 e. The predicted molar refractivity (Wildman–Crippen MR) is 79.9 cm³/mol. The summed E-state index contributed by atoms with van der Waals surface area (Å²) in [6, 6.07) is 0.244. The Kier molecular flexibility index (Phi) is 4.67. The third kappa shape index (κ3) is 3.38. The fourth-order valence-electron chi connectivity index (χ4n) is 3.64. The van der Waals surface area contributed by atoms with Gasteiger partial charge in [0.25, 0.3) is 0 Å². The lowest BCUT2D eigenvalue weighted by molar-refractivity contribution is 0.111. The zero-order chi connectivity index (χ0) is 13.9. The third-order valence-corrected chi connectivity index (χ3v) is 4.79. The highest BCUT2D eigenvalue weighted by molar-refractivity contribution is 4.99. The molecule has 0 radical (unpaired) electrons. The second kappa shape index (κ2) is 6.08. The van der Waals surface area contributed by atoms with Gasteiger partial charge in [-0.2, -0.15) is 0 Å². The molecule has 1 aliphatic carbocycles. The fraction of sp³-hybridized carbons (Fsp3) is 0.812. The standard InChI is InChI=1S/C16H29N3/c1-4-10-19-11-9-18-15(19)12-14(17)13-7-5-6-8-16(13,2)3/h9,11,13-14H,4-8,10,12,17H2,1-3H3. The summed E-state index contributed by atoms with van der Waals surface area (Å²) in [6.45, 7) is 8.02. The summed E-state index contributed by atoms with van der Waals surface area (Å²) in [5.41, 5.74) is 6.92. The van der Waals surface area contributed by atoms with Gasteiger partial charge in [-0.15, -0.1) is 0 Å². The number of rotatable bonds is 5. The van der Waals surface area contributed by atoms with E-state index in [2.05, 4.69) is 36.5 Å². The second-order valence-electron chi connectivity index (χ2n) is 6.75. The second-order valence-corrected chi connectivity index (χ2v) is 6.75. The van der Waals surface area contributed by atoms with Crippen molar-refractivity contribution in [1.29, 1.82) is 0 Å². The van der Waals surface area contributed by atoms with Crippen molar-refractivity contribution in [2.75, 3.05) is 0 Å². The molecule has 2 unspecified atom stereocenters. The van der Waals surface area contributed by atoms with Gasteiger partial charge >= 0.3 is 0 Å². The van der Waals surface area contributed by atoms with Crippen LogP contribution >= 0.6 is 0 Å². The maximum Gasteiger partial charge on any atom is 0.110 e. The summed E-state index contributed by atoms with van der Waals surface area (Å²) < 4.78 is 2.26. The van der Waals surface area contributed by atoms with E-state index in [4.69, 9.17) is 5.73 Å². The molecular weight excluding hydrogens is 234 g/mol. The van der Waals surface area contributed by atoms with E-state index in [-0.39, 0.29) is 6.04 Å². The van der Waals surface area contributed by atoms with Crippen molar-refractivity contribution in [3.8, 4) is 0 Å². The van der Waals surface area contributed by atoms with Crippen LogP contribution in [0.25, 0.3) is 0 Å². The first-order chi connectivity index (χ1) is 9.04. The summed E-state index contributed by atoms with van der Waals surface area (Å²) in [5, 5.41) is 0. The molecule has 0 aromatic carbocycles. The topological polar surface area (TPSA) is 43.8 Å². The Morgan fingerprint density at radius 3 is 2.95 bits per heavy atom. The molecule has 0 amide bonds. The highest BCUT2D eigenvalue weighted by atomic mass is 15.1. The van der Waals surface area contributed by atoms with Crippen molar-refractivity contribution in [3.05, 3.63) is 18.2 Å². The van der Waals surface area contributed by atoms with Gasteiger partial charge in [0, 0.05) is 31.4 Å². The van der Waals surface area contributed by atoms with E-state index in [1.165, 1.54) is 25.7 Å². The number of aromatic nitrogens is 2. The van der Waals surface area contributed by atoms with Crippen LogP contribution in [-0.4, -0.2) is 15.6 Å². The Morgan fingerprint density at radius 1 is 1.47 bits per heavy atom. The van der Waals surface area contributed by atoms with Crippen LogP contribution in [0.3, 0.4) is 0 Å². The van der Waals surface area contributed by atoms with Crippen LogP contribution in [0, 0.1) is 11.3 Å². The summed E-state index contributed by atoms with van der Waals surface area (Å²) in [6.07, 6.45) is 11.3. The molecule has 3 nitrogen and oxygen atoms in total. The lowest BCUT2D eigenvalue weighted by Crippen LogP contribution is -2.43. The van der Waals surface area contributed by atoms with Crippen molar-refractivity contribution >= 4 is 0 Å². The van der Waals surface area contributed by atoms with E-state index >= 15 is 0 Å². The Hall–Kier alpha value is -0.830. The Bertz CT molecular complexity index is 394. The molecule has 0 saturated heterocycles. The first-order valence-electron chi connectivity index (χ1n) is 7.80. The van der Waals surface area contributed by atoms with E-state index in [0.717, 1.165) is 25.2 Å². The number of nitrogens with two attached hydrogens (primary N) is 1. The smallest absolute Gasteiger partial charge is 0.110 e. The van der Waals surface area contributed by atoms with Crippen molar-refractivity contribution in [2.45, 2.75) is 71.9 Å². The van der Waals surface area contributed by atoms with Crippen molar-refractivity contribution < 1.29 is 0 Å². The first kappa shape index (κ1) is 14.6. The molecule has 2 N–H and O–H groups in total. The molecular formula is C16H29N3. The Morgan fingerprint density at radius 2 is 2.26 bits per heavy atom. The minimum absolute atomic E-state index is 0.244. The molecule has 0 spiro atoms. The number of hydrogen-bond donors (Lipinski definition) is 1. The van der Waals surface area contributed by atoms with Crippen LogP contribution in [-0.2, 0) is 13.0 Å². The molecule has 1 fully saturated rings. The number of imidazole rings is 1. The summed E-state index contributed by atoms with van der Waals surface area (Å²) in [4.78, 5) is 4.50. The van der Waals surface area contributed by atoms with Crippen LogP contribution in [0.2, 0.25) is 0 Å². The van der Waals surface area contributed by atoms with E-state index in [9.17, 15) is 0 Å². The predicted octanol–water partition coefficient (Wildman–Crippen LogP) is 3.38. The van der Waals surface area contributed by atoms with Crippen LogP contribution < -0.4 is 5.73 Å². The van der Waals surface area contributed by atoms with Gasteiger partial charge in [-0.3, -0.25) is 0 Å². The van der Waals surface area contributed by atoms with E-state index in [1.54, 1.807) is 0 Å². The maximum atomic E-state index is 6.53. The molecule has 19 heavy (non-hydrogen) atoms. The SMILES string of the molecule is CCCn1ccnc1CC(N)C1CCCCC1(C)C. The lowest BCUT2D eigenvalue weighted by Gasteiger charge is -2.42. The van der Waals surface area contributed by atoms with Gasteiger partial charge in [0.15, 0.2) is 0 Å². The molecule has 3 heteroatoms. The van der Waals surface area contributed by atoms with Gasteiger partial charge < -0.3 is 10.3 Å². The molecule has 0 aliphatic heterocycles. The van der Waals surface area contributed by atoms with Crippen molar-refractivity contribution in [3.63, 3.8) is 0 Å². The molecule has 1 aromatic heterocycles. The van der Waals surface area contributed by atoms with E-state index < -0.39 is 0 Å². The lowest BCUT2D eigenvalue weighted by atomic mass is 9.65. The zero-order valence-electron chi connectivity index (χ0n) is 12.7. The Labute approximate surface area is 117 Å². The molecule has 1 aromatic rings. The number of nitrogens with zero attached hydrogens (tertiary/aromatic N) is 2. The summed E-state index contributed by atoms with van der Waals surface area (Å²) in [7, 11) is 0. The monoisotopic (exact) mass is 263 g/mol. The molecule has 1 heterocycles. The first-order valence-corrected chi connectivity index (χ1v) is 7.80. The molecule has 1 aliphatic rings. The highest BCUT2D eigenvalue weighted by Gasteiger charge is 2.36. The van der Waals surface area contributed by atoms with Crippen LogP contribution in [0.5, 0.6) is 0 Å². The largest absolute Gasteiger partial charge is 0.335 e. The molecule has 2 rings (SSSR count). The van der Waals surface area contributed by atoms with Crippen LogP contribution in [0.4, 0.5) is 0 Å². The average molecular weight is 263 g/mol. The molecule has 2 atom stereocenters. The number of hydrogen-bond acceptors (Lipinski definition) is 2. The van der Waals surface area contributed by atoms with E-state index in [0.29, 0.717) is 11.3 Å².